The summed E-state index contributed by atoms with van der Waals surface area (Å²) >= 11 is 0. The summed E-state index contributed by atoms with van der Waals surface area (Å²) in [5.41, 5.74) is 0. The van der Waals surface area contributed by atoms with E-state index in [1.54, 1.807) is 12.2 Å². The van der Waals surface area contributed by atoms with Crippen LogP contribution in [0.25, 0.3) is 0 Å². The van der Waals surface area contributed by atoms with E-state index >= 15 is 0 Å². The van der Waals surface area contributed by atoms with Gasteiger partial charge in [-0.05, 0) is 19.9 Å². The van der Waals surface area contributed by atoms with Crippen LogP contribution in [0.5, 0.6) is 0 Å². The fourth-order valence-electron chi connectivity index (χ4n) is 1.16. The number of hydrogen-bond donors (Lipinski definition) is 2. The number of aromatic nitrogens is 2. The van der Waals surface area contributed by atoms with Gasteiger partial charge in [0.05, 0.1) is 0 Å². The van der Waals surface area contributed by atoms with Crippen molar-refractivity contribution in [1.29, 1.82) is 0 Å². The summed E-state index contributed by atoms with van der Waals surface area (Å²) in [5, 5.41) is 4.48. The minimum Gasteiger partial charge on any atom is -0.359 e. The van der Waals surface area contributed by atoms with Crippen LogP contribution in [-0.2, 0) is 4.79 Å². The van der Waals surface area contributed by atoms with Crippen molar-refractivity contribution in [2.75, 3.05) is 11.9 Å². The monoisotopic (exact) mass is 262 g/mol. The van der Waals surface area contributed by atoms with E-state index in [0.717, 1.165) is 0 Å². The molecule has 0 saturated carbocycles. The molecule has 1 rings (SSSR count). The molecule has 100 valence electrons. The first kappa shape index (κ1) is 14.2. The molecule has 1 amide bonds. The number of hydrogen-bond acceptors (Lipinski definition) is 4. The van der Waals surface area contributed by atoms with Gasteiger partial charge in [-0.1, -0.05) is 0 Å². The molecule has 0 fully saturated rings. The fraction of sp³-hybridized carbons (Fsp3) is 0.500. The van der Waals surface area contributed by atoms with Crippen LogP contribution < -0.4 is 10.6 Å². The summed E-state index contributed by atoms with van der Waals surface area (Å²) in [6, 6.07) is 0.710. The van der Waals surface area contributed by atoms with Gasteiger partial charge in [0.1, 0.15) is 24.2 Å². The third-order valence-electron chi connectivity index (χ3n) is 2.00. The number of aryl methyl sites for hydroxylation is 1. The van der Waals surface area contributed by atoms with Gasteiger partial charge in [-0.15, -0.1) is 0 Å². The highest BCUT2D eigenvalue weighted by Gasteiger charge is 2.28. The van der Waals surface area contributed by atoms with Crippen molar-refractivity contribution < 1.29 is 18.0 Å². The Bertz CT molecular complexity index is 422. The average molecular weight is 262 g/mol. The SMILES string of the molecule is Cc1nccc(NC(C)C(=O)NCC(F)(F)F)n1. The first-order valence-electron chi connectivity index (χ1n) is 5.18. The zero-order chi connectivity index (χ0) is 13.8. The molecule has 0 radical (unpaired) electrons. The molecular weight excluding hydrogens is 249 g/mol. The minimum absolute atomic E-state index is 0.386. The van der Waals surface area contributed by atoms with Crippen LogP contribution in [0.4, 0.5) is 19.0 Å². The summed E-state index contributed by atoms with van der Waals surface area (Å²) in [6.45, 7) is 1.77. The van der Waals surface area contributed by atoms with Crippen LogP contribution in [0.1, 0.15) is 12.7 Å². The first-order valence-corrected chi connectivity index (χ1v) is 5.18. The maximum Gasteiger partial charge on any atom is 0.405 e. The van der Waals surface area contributed by atoms with E-state index in [1.807, 2.05) is 0 Å². The molecule has 5 nitrogen and oxygen atoms in total. The molecule has 18 heavy (non-hydrogen) atoms. The van der Waals surface area contributed by atoms with Crippen LogP contribution in [0.3, 0.4) is 0 Å². The van der Waals surface area contributed by atoms with Gasteiger partial charge in [-0.2, -0.15) is 13.2 Å². The quantitative estimate of drug-likeness (QED) is 0.857. The predicted octanol–water partition coefficient (Wildman–Crippen LogP) is 1.26. The molecule has 0 spiro atoms. The van der Waals surface area contributed by atoms with E-state index in [-0.39, 0.29) is 0 Å². The van der Waals surface area contributed by atoms with E-state index in [2.05, 4.69) is 15.3 Å². The molecule has 0 aliphatic heterocycles. The largest absolute Gasteiger partial charge is 0.405 e. The molecular formula is C10H13F3N4O. The molecule has 1 unspecified atom stereocenters. The Hall–Kier alpha value is -1.86. The predicted molar refractivity (Wildman–Crippen MR) is 58.9 cm³/mol. The number of rotatable bonds is 4. The Morgan fingerprint density at radius 2 is 2.17 bits per heavy atom. The molecule has 1 aromatic rings. The van der Waals surface area contributed by atoms with Crippen LogP contribution in [-0.4, -0.2) is 34.6 Å². The lowest BCUT2D eigenvalue weighted by Gasteiger charge is -2.15. The summed E-state index contributed by atoms with van der Waals surface area (Å²) < 4.78 is 35.7. The number of nitrogens with zero attached hydrogens (tertiary/aromatic N) is 2. The maximum atomic E-state index is 11.9. The molecule has 0 aromatic carbocycles. The summed E-state index contributed by atoms with van der Waals surface area (Å²) in [5.74, 6) is 0.142. The summed E-state index contributed by atoms with van der Waals surface area (Å²) in [4.78, 5) is 19.2. The van der Waals surface area contributed by atoms with Crippen molar-refractivity contribution in [2.45, 2.75) is 26.1 Å². The lowest BCUT2D eigenvalue weighted by molar-refractivity contribution is -0.138. The number of alkyl halides is 3. The van der Waals surface area contributed by atoms with E-state index in [9.17, 15) is 18.0 Å². The van der Waals surface area contributed by atoms with Crippen LogP contribution in [0.2, 0.25) is 0 Å². The number of nitrogens with one attached hydrogen (secondary N) is 2. The van der Waals surface area contributed by atoms with Gasteiger partial charge in [0.25, 0.3) is 0 Å². The molecule has 2 N–H and O–H groups in total. The lowest BCUT2D eigenvalue weighted by atomic mass is 10.3. The maximum absolute atomic E-state index is 11.9. The number of anilines is 1. The molecule has 0 saturated heterocycles. The minimum atomic E-state index is -4.42. The Labute approximate surface area is 102 Å². The number of carbonyl (C=O) groups excluding carboxylic acids is 1. The van der Waals surface area contributed by atoms with E-state index in [0.29, 0.717) is 11.6 Å². The third kappa shape index (κ3) is 4.98. The average Bonchev–Trinajstić information content (AvgIpc) is 2.24. The number of carbonyl (C=O) groups is 1. The van der Waals surface area contributed by atoms with Gasteiger partial charge in [-0.3, -0.25) is 4.79 Å². The molecule has 1 aromatic heterocycles. The highest BCUT2D eigenvalue weighted by atomic mass is 19.4. The second-order valence-electron chi connectivity index (χ2n) is 3.69. The van der Waals surface area contributed by atoms with E-state index in [4.69, 9.17) is 0 Å². The Morgan fingerprint density at radius 3 is 2.72 bits per heavy atom. The molecule has 8 heteroatoms. The highest BCUT2D eigenvalue weighted by Crippen LogP contribution is 2.12. The summed E-state index contributed by atoms with van der Waals surface area (Å²) in [7, 11) is 0. The molecule has 1 heterocycles. The van der Waals surface area contributed by atoms with Crippen molar-refractivity contribution in [2.24, 2.45) is 0 Å². The third-order valence-corrected chi connectivity index (χ3v) is 2.00. The van der Waals surface area contributed by atoms with Crippen molar-refractivity contribution >= 4 is 11.7 Å². The van der Waals surface area contributed by atoms with E-state index < -0.39 is 24.7 Å². The van der Waals surface area contributed by atoms with Crippen LogP contribution >= 0.6 is 0 Å². The topological polar surface area (TPSA) is 66.9 Å². The highest BCUT2D eigenvalue weighted by molar-refractivity contribution is 5.83. The van der Waals surface area contributed by atoms with Gasteiger partial charge in [0.2, 0.25) is 5.91 Å². The standard InChI is InChI=1S/C10H13F3N4O/c1-6(9(18)15-5-10(11,12)13)16-8-3-4-14-7(2)17-8/h3-4,6H,5H2,1-2H3,(H,15,18)(H,14,16,17). The van der Waals surface area contributed by atoms with Crippen molar-refractivity contribution in [3.8, 4) is 0 Å². The number of amides is 1. The smallest absolute Gasteiger partial charge is 0.359 e. The molecule has 0 bridgehead atoms. The molecule has 0 aliphatic rings. The zero-order valence-electron chi connectivity index (χ0n) is 9.88. The fourth-order valence-corrected chi connectivity index (χ4v) is 1.16. The van der Waals surface area contributed by atoms with Gasteiger partial charge >= 0.3 is 6.18 Å². The Morgan fingerprint density at radius 1 is 1.50 bits per heavy atom. The van der Waals surface area contributed by atoms with Crippen molar-refractivity contribution in [3.05, 3.63) is 18.1 Å². The van der Waals surface area contributed by atoms with Crippen LogP contribution in [0, 0.1) is 6.92 Å². The lowest BCUT2D eigenvalue weighted by Crippen LogP contribution is -2.42. The number of halogens is 3. The summed E-state index contributed by atoms with van der Waals surface area (Å²) in [6.07, 6.45) is -2.92. The van der Waals surface area contributed by atoms with Crippen molar-refractivity contribution in [3.63, 3.8) is 0 Å². The second-order valence-corrected chi connectivity index (χ2v) is 3.69. The van der Waals surface area contributed by atoms with Crippen LogP contribution in [0.15, 0.2) is 12.3 Å². The van der Waals surface area contributed by atoms with Gasteiger partial charge in [-0.25, -0.2) is 9.97 Å². The van der Waals surface area contributed by atoms with Crippen molar-refractivity contribution in [1.82, 2.24) is 15.3 Å². The van der Waals surface area contributed by atoms with Gasteiger partial charge in [0.15, 0.2) is 0 Å². The molecule has 0 aliphatic carbocycles. The van der Waals surface area contributed by atoms with Gasteiger partial charge < -0.3 is 10.6 Å². The Kier molecular flexibility index (Phi) is 4.46. The normalized spacial score (nSPS) is 12.9. The van der Waals surface area contributed by atoms with E-state index in [1.165, 1.54) is 19.2 Å². The first-order chi connectivity index (χ1) is 8.28. The molecule has 1 atom stereocenters. The Balaban J connectivity index is 2.50. The second kappa shape index (κ2) is 5.65. The zero-order valence-corrected chi connectivity index (χ0v) is 9.88. The van der Waals surface area contributed by atoms with Gasteiger partial charge in [0, 0.05) is 6.20 Å².